The maximum absolute atomic E-state index is 6.08. The third-order valence-corrected chi connectivity index (χ3v) is 3.62. The van der Waals surface area contributed by atoms with Crippen molar-refractivity contribution in [2.24, 2.45) is 5.41 Å². The number of nitrogens with one attached hydrogen (secondary N) is 1. The molecule has 2 atom stereocenters. The molecule has 2 rings (SSSR count). The Bertz CT molecular complexity index is 411. The van der Waals surface area contributed by atoms with Crippen LogP contribution in [0.4, 0.5) is 0 Å². The minimum Gasteiger partial charge on any atom is -0.489 e. The molecule has 1 aliphatic heterocycles. The first-order valence-corrected chi connectivity index (χ1v) is 6.43. The summed E-state index contributed by atoms with van der Waals surface area (Å²) < 4.78 is 6.08. The number of halogens is 1. The first-order chi connectivity index (χ1) is 7.91. The van der Waals surface area contributed by atoms with Crippen LogP contribution in [0.2, 0.25) is 5.02 Å². The van der Waals surface area contributed by atoms with Crippen LogP contribution in [0.5, 0.6) is 5.75 Å². The summed E-state index contributed by atoms with van der Waals surface area (Å²) in [5, 5.41) is 4.12. The third-order valence-electron chi connectivity index (χ3n) is 3.38. The second kappa shape index (κ2) is 4.51. The fraction of sp³-hybridized carbons (Fsp3) is 0.571. The Labute approximate surface area is 108 Å². The average Bonchev–Trinajstić information content (AvgIpc) is 2.26. The van der Waals surface area contributed by atoms with Crippen molar-refractivity contribution in [3.05, 3.63) is 28.8 Å². The van der Waals surface area contributed by atoms with Gasteiger partial charge in [0, 0.05) is 23.0 Å². The fourth-order valence-corrected chi connectivity index (χ4v) is 2.43. The summed E-state index contributed by atoms with van der Waals surface area (Å²) in [5.41, 5.74) is 1.31. The molecule has 0 bridgehead atoms. The lowest BCUT2D eigenvalue weighted by molar-refractivity contribution is 0.0540. The van der Waals surface area contributed by atoms with E-state index in [2.05, 4.69) is 26.1 Å². The van der Waals surface area contributed by atoms with Crippen molar-refractivity contribution in [2.45, 2.75) is 39.3 Å². The molecule has 0 amide bonds. The minimum absolute atomic E-state index is 0.145. The molecule has 0 saturated carbocycles. The Morgan fingerprint density at radius 2 is 2.06 bits per heavy atom. The first kappa shape index (κ1) is 12.7. The second-order valence-electron chi connectivity index (χ2n) is 5.73. The van der Waals surface area contributed by atoms with Crippen molar-refractivity contribution >= 4 is 11.6 Å². The van der Waals surface area contributed by atoms with E-state index in [1.807, 2.05) is 25.2 Å². The molecule has 2 nitrogen and oxygen atoms in total. The van der Waals surface area contributed by atoms with E-state index in [1.165, 1.54) is 5.56 Å². The molecule has 0 saturated heterocycles. The molecule has 1 heterocycles. The number of benzene rings is 1. The van der Waals surface area contributed by atoms with E-state index < -0.39 is 0 Å². The van der Waals surface area contributed by atoms with Crippen LogP contribution in [0.15, 0.2) is 18.2 Å². The van der Waals surface area contributed by atoms with E-state index in [-0.39, 0.29) is 11.5 Å². The molecular formula is C14H20ClNO. The van der Waals surface area contributed by atoms with Crippen LogP contribution in [0.3, 0.4) is 0 Å². The molecule has 0 radical (unpaired) electrons. The van der Waals surface area contributed by atoms with E-state index in [4.69, 9.17) is 16.3 Å². The van der Waals surface area contributed by atoms with Crippen LogP contribution in [0.25, 0.3) is 0 Å². The van der Waals surface area contributed by atoms with Crippen LogP contribution >= 0.6 is 11.6 Å². The van der Waals surface area contributed by atoms with E-state index in [9.17, 15) is 0 Å². The maximum Gasteiger partial charge on any atom is 0.124 e. The third kappa shape index (κ3) is 2.58. The van der Waals surface area contributed by atoms with Gasteiger partial charge in [0.05, 0.1) is 0 Å². The fourth-order valence-electron chi connectivity index (χ4n) is 2.25. The van der Waals surface area contributed by atoms with E-state index in [0.717, 1.165) is 17.2 Å². The van der Waals surface area contributed by atoms with Gasteiger partial charge in [-0.2, -0.15) is 0 Å². The van der Waals surface area contributed by atoms with Gasteiger partial charge in [0.1, 0.15) is 11.9 Å². The van der Waals surface area contributed by atoms with Gasteiger partial charge < -0.3 is 10.1 Å². The Morgan fingerprint density at radius 1 is 1.35 bits per heavy atom. The highest BCUT2D eigenvalue weighted by Crippen LogP contribution is 2.41. The van der Waals surface area contributed by atoms with Crippen molar-refractivity contribution < 1.29 is 4.74 Å². The lowest BCUT2D eigenvalue weighted by Crippen LogP contribution is -2.39. The van der Waals surface area contributed by atoms with Crippen LogP contribution < -0.4 is 10.1 Å². The van der Waals surface area contributed by atoms with Gasteiger partial charge in [-0.15, -0.1) is 0 Å². The zero-order valence-corrected chi connectivity index (χ0v) is 11.6. The Balaban J connectivity index is 2.36. The highest BCUT2D eigenvalue weighted by molar-refractivity contribution is 6.30. The molecule has 0 spiro atoms. The quantitative estimate of drug-likeness (QED) is 0.822. The summed E-state index contributed by atoms with van der Waals surface area (Å²) in [6.07, 6.45) is 1.21. The summed E-state index contributed by atoms with van der Waals surface area (Å²) in [5.74, 6) is 0.958. The molecule has 0 aliphatic carbocycles. The largest absolute Gasteiger partial charge is 0.489 e. The second-order valence-corrected chi connectivity index (χ2v) is 6.17. The SMILES string of the molecule is CNC1CC(C(C)(C)C)Oc2ccc(Cl)cc21. The Morgan fingerprint density at radius 3 is 2.65 bits per heavy atom. The van der Waals surface area contributed by atoms with Crippen molar-refractivity contribution in [1.29, 1.82) is 0 Å². The molecule has 17 heavy (non-hydrogen) atoms. The van der Waals surface area contributed by atoms with Gasteiger partial charge in [-0.25, -0.2) is 0 Å². The van der Waals surface area contributed by atoms with Gasteiger partial charge in [-0.1, -0.05) is 32.4 Å². The molecule has 1 aromatic rings. The lowest BCUT2D eigenvalue weighted by atomic mass is 9.82. The first-order valence-electron chi connectivity index (χ1n) is 6.05. The lowest BCUT2D eigenvalue weighted by Gasteiger charge is -2.39. The van der Waals surface area contributed by atoms with E-state index in [0.29, 0.717) is 6.04 Å². The van der Waals surface area contributed by atoms with E-state index in [1.54, 1.807) is 0 Å². The standard InChI is InChI=1S/C14H20ClNO/c1-14(2,3)13-8-11(16-4)10-7-9(15)5-6-12(10)17-13/h5-7,11,13,16H,8H2,1-4H3. The number of hydrogen-bond donors (Lipinski definition) is 1. The summed E-state index contributed by atoms with van der Waals surface area (Å²) in [7, 11) is 1.99. The molecule has 0 fully saturated rings. The van der Waals surface area contributed by atoms with Crippen LogP contribution in [-0.4, -0.2) is 13.2 Å². The predicted molar refractivity (Wildman–Crippen MR) is 71.7 cm³/mol. The van der Waals surface area contributed by atoms with Crippen molar-refractivity contribution in [1.82, 2.24) is 5.32 Å². The molecule has 1 N–H and O–H groups in total. The number of hydrogen-bond acceptors (Lipinski definition) is 2. The Kier molecular flexibility index (Phi) is 3.37. The van der Waals surface area contributed by atoms with Crippen molar-refractivity contribution in [3.63, 3.8) is 0 Å². The smallest absolute Gasteiger partial charge is 0.124 e. The molecule has 2 unspecified atom stereocenters. The number of fused-ring (bicyclic) bond motifs is 1. The van der Waals surface area contributed by atoms with Gasteiger partial charge in [-0.3, -0.25) is 0 Å². The van der Waals surface area contributed by atoms with E-state index >= 15 is 0 Å². The summed E-state index contributed by atoms with van der Waals surface area (Å²) in [6.45, 7) is 6.64. The topological polar surface area (TPSA) is 21.3 Å². The van der Waals surface area contributed by atoms with Crippen LogP contribution in [0, 0.1) is 5.41 Å². The maximum atomic E-state index is 6.08. The molecule has 3 heteroatoms. The molecular weight excluding hydrogens is 234 g/mol. The molecule has 1 aliphatic rings. The normalized spacial score (nSPS) is 24.1. The highest BCUT2D eigenvalue weighted by Gasteiger charge is 2.34. The Hall–Kier alpha value is -0.730. The summed E-state index contributed by atoms with van der Waals surface area (Å²) in [4.78, 5) is 0. The van der Waals surface area contributed by atoms with Crippen LogP contribution in [0.1, 0.15) is 38.8 Å². The van der Waals surface area contributed by atoms with Crippen molar-refractivity contribution in [3.8, 4) is 5.75 Å². The van der Waals surface area contributed by atoms with Crippen molar-refractivity contribution in [2.75, 3.05) is 7.05 Å². The van der Waals surface area contributed by atoms with Gasteiger partial charge in [0.15, 0.2) is 0 Å². The van der Waals surface area contributed by atoms with Gasteiger partial charge in [0.25, 0.3) is 0 Å². The monoisotopic (exact) mass is 253 g/mol. The number of ether oxygens (including phenoxy) is 1. The average molecular weight is 254 g/mol. The summed E-state index contributed by atoms with van der Waals surface area (Å²) >= 11 is 6.04. The zero-order chi connectivity index (χ0) is 12.6. The number of rotatable bonds is 1. The zero-order valence-electron chi connectivity index (χ0n) is 10.9. The van der Waals surface area contributed by atoms with Gasteiger partial charge in [0.2, 0.25) is 0 Å². The van der Waals surface area contributed by atoms with Gasteiger partial charge in [-0.05, 0) is 30.7 Å². The molecule has 0 aromatic heterocycles. The predicted octanol–water partition coefficient (Wildman–Crippen LogP) is 3.80. The highest BCUT2D eigenvalue weighted by atomic mass is 35.5. The summed E-state index contributed by atoms with van der Waals surface area (Å²) in [6, 6.07) is 6.18. The van der Waals surface area contributed by atoms with Gasteiger partial charge >= 0.3 is 0 Å². The minimum atomic E-state index is 0.145. The van der Waals surface area contributed by atoms with Crippen LogP contribution in [-0.2, 0) is 0 Å². The molecule has 94 valence electrons. The molecule has 1 aromatic carbocycles.